The van der Waals surface area contributed by atoms with E-state index in [1.807, 2.05) is 18.2 Å². The smallest absolute Gasteiger partial charge is 0.329 e. The van der Waals surface area contributed by atoms with Gasteiger partial charge >= 0.3 is 5.69 Å². The van der Waals surface area contributed by atoms with Crippen molar-refractivity contribution in [3.8, 4) is 0 Å². The Hall–Kier alpha value is -5.53. The van der Waals surface area contributed by atoms with Crippen molar-refractivity contribution in [3.63, 3.8) is 0 Å². The van der Waals surface area contributed by atoms with Crippen molar-refractivity contribution in [2.45, 2.75) is 100 Å². The fourth-order valence-corrected chi connectivity index (χ4v) is 13.0. The van der Waals surface area contributed by atoms with Gasteiger partial charge in [0.1, 0.15) is 17.4 Å². The predicted molar refractivity (Wildman–Crippen MR) is 234 cm³/mol. The molecule has 19 heteroatoms. The summed E-state index contributed by atoms with van der Waals surface area (Å²) in [5, 5.41) is 13.7. The average molecular weight is 893 g/mol. The van der Waals surface area contributed by atoms with Crippen LogP contribution in [0, 0.1) is 11.3 Å². The fourth-order valence-electron chi connectivity index (χ4n) is 13.0. The monoisotopic (exact) mass is 892 g/mol. The number of imide groups is 1. The quantitative estimate of drug-likeness (QED) is 0.183. The van der Waals surface area contributed by atoms with Crippen LogP contribution in [0.2, 0.25) is 0 Å². The lowest BCUT2D eigenvalue weighted by Crippen LogP contribution is -2.68. The molecular formula is C46H54F2N12O5. The number of morpholine rings is 1. The van der Waals surface area contributed by atoms with E-state index >= 15 is 0 Å². The van der Waals surface area contributed by atoms with Gasteiger partial charge in [-0.05, 0) is 92.2 Å². The van der Waals surface area contributed by atoms with E-state index in [9.17, 15) is 28.0 Å². The first-order chi connectivity index (χ1) is 31.4. The lowest BCUT2D eigenvalue weighted by Gasteiger charge is -2.72. The molecule has 5 aromatic rings. The molecule has 1 aromatic carbocycles. The van der Waals surface area contributed by atoms with Crippen LogP contribution in [0.1, 0.15) is 104 Å². The summed E-state index contributed by atoms with van der Waals surface area (Å²) in [6.45, 7) is 7.61. The Labute approximate surface area is 373 Å². The number of ether oxygens (including phenoxy) is 1. The molecule has 0 radical (unpaired) electrons. The third kappa shape index (κ3) is 6.81. The summed E-state index contributed by atoms with van der Waals surface area (Å²) in [6.07, 6.45) is 10.5. The second kappa shape index (κ2) is 15.3. The normalized spacial score (nSPS) is 30.3. The van der Waals surface area contributed by atoms with Gasteiger partial charge in [-0.1, -0.05) is 12.1 Å². The maximum Gasteiger partial charge on any atom is 0.329 e. The summed E-state index contributed by atoms with van der Waals surface area (Å²) in [5.41, 5.74) is 3.13. The Morgan fingerprint density at radius 2 is 1.78 bits per heavy atom. The highest BCUT2D eigenvalue weighted by molar-refractivity contribution is 6.08. The third-order valence-electron chi connectivity index (χ3n) is 16.1. The molecule has 3 atom stereocenters. The van der Waals surface area contributed by atoms with E-state index in [4.69, 9.17) is 9.72 Å². The molecule has 0 spiro atoms. The average Bonchev–Trinajstić information content (AvgIpc) is 4.13. The molecule has 65 heavy (non-hydrogen) atoms. The van der Waals surface area contributed by atoms with Gasteiger partial charge in [0.25, 0.3) is 12.3 Å². The molecule has 17 nitrogen and oxygen atoms in total. The Bertz CT molecular complexity index is 2780. The van der Waals surface area contributed by atoms with Crippen LogP contribution < -0.4 is 21.2 Å². The number of alkyl halides is 2. The number of aryl methyl sites for hydroxylation is 1. The van der Waals surface area contributed by atoms with Gasteiger partial charge in [-0.3, -0.25) is 33.5 Å². The van der Waals surface area contributed by atoms with Crippen LogP contribution in [0.5, 0.6) is 0 Å². The minimum absolute atomic E-state index is 0.00886. The number of hydrogen-bond acceptors (Lipinski definition) is 11. The van der Waals surface area contributed by atoms with E-state index in [0.717, 1.165) is 114 Å². The zero-order chi connectivity index (χ0) is 44.4. The number of carbonyl (C=O) groups excluding carboxylic acids is 3. The van der Waals surface area contributed by atoms with Crippen LogP contribution in [-0.2, 0) is 26.8 Å². The molecule has 8 aliphatic rings. The minimum Gasteiger partial charge on any atom is -0.374 e. The number of piperazine rings is 1. The lowest BCUT2D eigenvalue weighted by molar-refractivity contribution is -0.158. The maximum absolute atomic E-state index is 14.3. The summed E-state index contributed by atoms with van der Waals surface area (Å²) < 4.78 is 40.9. The number of nitrogens with zero attached hydrogens (tertiary/aromatic N) is 10. The number of imidazole rings is 1. The van der Waals surface area contributed by atoms with Crippen molar-refractivity contribution >= 4 is 45.9 Å². The van der Waals surface area contributed by atoms with Crippen LogP contribution in [0.3, 0.4) is 0 Å². The predicted octanol–water partition coefficient (Wildman–Crippen LogP) is 4.20. The van der Waals surface area contributed by atoms with Crippen molar-refractivity contribution in [1.82, 2.24) is 48.6 Å². The number of piperidine rings is 1. The standard InChI is InChI=1S/C46H54F2N12O5/c1-54-39-32(3-2-4-34(39)60(44(54)64)35-9-10-37(61)52-43(35)63)46-23-45(24-46,25-46)26-56-15-13-55(14-16-56)19-27-5-7-28(8-6-27)59-21-33(38(53-59)40(47)48)50-42(62)31-18-49-58-12-11-36(51-41(31)58)57-20-30-17-29(57)22-65-30/h2-4,11-12,18,21,27-30,35,40H,5-10,13-17,19-20,22-26H2,1H3,(H,50,62)(H,52,61,63)/t27-,28-,29-,30-,35?,45-,46-/m1/s1. The molecule has 1 unspecified atom stereocenters. The topological polar surface area (TPSA) is 169 Å². The molecule has 4 aliphatic carbocycles. The zero-order valence-corrected chi connectivity index (χ0v) is 36.5. The summed E-state index contributed by atoms with van der Waals surface area (Å²) in [6, 6.07) is 7.49. The largest absolute Gasteiger partial charge is 0.374 e. The van der Waals surface area contributed by atoms with E-state index in [0.29, 0.717) is 30.0 Å². The van der Waals surface area contributed by atoms with E-state index in [2.05, 4.69) is 41.6 Å². The molecule has 342 valence electrons. The van der Waals surface area contributed by atoms with Gasteiger partial charge in [-0.2, -0.15) is 10.2 Å². The highest BCUT2D eigenvalue weighted by atomic mass is 19.3. The van der Waals surface area contributed by atoms with Crippen LogP contribution in [0.4, 0.5) is 20.3 Å². The molecule has 13 rings (SSSR count). The number of hydrogen-bond donors (Lipinski definition) is 2. The number of benzene rings is 1. The molecule has 3 amide bonds. The van der Waals surface area contributed by atoms with Crippen molar-refractivity contribution < 1.29 is 27.9 Å². The molecule has 8 fully saturated rings. The third-order valence-corrected chi connectivity index (χ3v) is 16.1. The Morgan fingerprint density at radius 3 is 2.51 bits per heavy atom. The SMILES string of the molecule is Cn1c(=O)n(C2CCC(=O)NC2=O)c2cccc([C@]34C[C@@](CN5CCN(C[C@H]6CC[C@H](n7cc(NC(=O)c8cnn9ccc(N%10C[C@H]%11C[C@@H]%10CO%11)nc89)c(C(F)F)n7)CC6)CC5)(C3)C4)c21. The van der Waals surface area contributed by atoms with Gasteiger partial charge in [-0.15, -0.1) is 0 Å². The number of carbonyl (C=O) groups is 3. The molecule has 4 bridgehead atoms. The first-order valence-corrected chi connectivity index (χ1v) is 23.3. The molecule has 8 heterocycles. The molecular weight excluding hydrogens is 839 g/mol. The van der Waals surface area contributed by atoms with Crippen molar-refractivity contribution in [2.75, 3.05) is 62.6 Å². The van der Waals surface area contributed by atoms with Gasteiger partial charge in [0.15, 0.2) is 11.3 Å². The highest BCUT2D eigenvalue weighted by Gasteiger charge is 2.68. The van der Waals surface area contributed by atoms with Crippen LogP contribution >= 0.6 is 0 Å². The van der Waals surface area contributed by atoms with Crippen LogP contribution in [-0.4, -0.2) is 126 Å². The molecule has 2 N–H and O–H groups in total. The second-order valence-corrected chi connectivity index (χ2v) is 20.2. The number of halogens is 2. The fraction of sp³-hybridized carbons (Fsp3) is 0.587. The van der Waals surface area contributed by atoms with Gasteiger partial charge in [0.2, 0.25) is 11.8 Å². The van der Waals surface area contributed by atoms with E-state index in [1.54, 1.807) is 33.3 Å². The Morgan fingerprint density at radius 1 is 1.00 bits per heavy atom. The summed E-state index contributed by atoms with van der Waals surface area (Å²) in [4.78, 5) is 63.9. The van der Waals surface area contributed by atoms with Crippen LogP contribution in [0.15, 0.2) is 47.7 Å². The number of anilines is 2. The van der Waals surface area contributed by atoms with Gasteiger partial charge < -0.3 is 24.8 Å². The van der Waals surface area contributed by atoms with Gasteiger partial charge in [0, 0.05) is 71.7 Å². The Balaban J connectivity index is 0.628. The Kier molecular flexibility index (Phi) is 9.62. The number of rotatable bonds is 11. The number of para-hydroxylation sites is 1. The summed E-state index contributed by atoms with van der Waals surface area (Å²) >= 11 is 0. The first kappa shape index (κ1) is 40.9. The lowest BCUT2D eigenvalue weighted by atomic mass is 9.33. The van der Waals surface area contributed by atoms with Crippen LogP contribution in [0.25, 0.3) is 16.7 Å². The van der Waals surface area contributed by atoms with Crippen molar-refractivity contribution in [2.24, 2.45) is 18.4 Å². The van der Waals surface area contributed by atoms with Gasteiger partial charge in [0.05, 0.1) is 47.7 Å². The summed E-state index contributed by atoms with van der Waals surface area (Å²) in [7, 11) is 1.79. The number of nitrogens with one attached hydrogen (secondary N) is 2. The van der Waals surface area contributed by atoms with Crippen molar-refractivity contribution in [3.05, 3.63) is 70.2 Å². The number of fused-ring (bicyclic) bond motifs is 4. The number of amides is 3. The van der Waals surface area contributed by atoms with Gasteiger partial charge in [-0.25, -0.2) is 23.1 Å². The van der Waals surface area contributed by atoms with E-state index in [-0.39, 0.29) is 52.9 Å². The van der Waals surface area contributed by atoms with E-state index in [1.165, 1.54) is 16.3 Å². The van der Waals surface area contributed by atoms with Crippen molar-refractivity contribution in [1.29, 1.82) is 0 Å². The molecule has 4 aromatic heterocycles. The minimum atomic E-state index is -2.85. The first-order valence-electron chi connectivity index (χ1n) is 23.3. The molecule has 4 aliphatic heterocycles. The van der Waals surface area contributed by atoms with E-state index < -0.39 is 30.0 Å². The second-order valence-electron chi connectivity index (χ2n) is 20.2. The highest BCUT2D eigenvalue weighted by Crippen LogP contribution is 2.74. The molecule has 4 saturated heterocycles. The number of aromatic nitrogens is 7. The molecule has 4 saturated carbocycles. The zero-order valence-electron chi connectivity index (χ0n) is 36.5. The maximum atomic E-state index is 14.3. The summed E-state index contributed by atoms with van der Waals surface area (Å²) in [5.74, 6) is 0.000304.